The first-order valence-corrected chi connectivity index (χ1v) is 6.88. The Morgan fingerprint density at radius 3 is 1.55 bits per heavy atom. The summed E-state index contributed by atoms with van der Waals surface area (Å²) in [5, 5.41) is 28.3. The summed E-state index contributed by atoms with van der Waals surface area (Å²) in [6.45, 7) is 2.90. The van der Waals surface area contributed by atoms with Crippen LogP contribution in [0, 0.1) is 0 Å². The van der Waals surface area contributed by atoms with E-state index in [1.807, 2.05) is 0 Å². The van der Waals surface area contributed by atoms with Gasteiger partial charge in [0.15, 0.2) is 0 Å². The van der Waals surface area contributed by atoms with E-state index in [0.29, 0.717) is 0 Å². The topological polar surface area (TPSA) is 123 Å². The standard InChI is InChI=1S/C12H24N4O4/c1-7(17)13-11(19)15-9-5-3-4-6-10(9)16-12(20)14-8(2)18/h7-10,17-18H,3-6H2,1-2H3,(H2,13,15,19)(H2,14,16,20). The fraction of sp³-hybridized carbons (Fsp3) is 0.833. The third-order valence-electron chi connectivity index (χ3n) is 3.08. The molecule has 0 aliphatic heterocycles. The summed E-state index contributed by atoms with van der Waals surface area (Å²) < 4.78 is 0. The van der Waals surface area contributed by atoms with E-state index in [1.165, 1.54) is 13.8 Å². The molecule has 1 fully saturated rings. The van der Waals surface area contributed by atoms with Crippen LogP contribution in [0.2, 0.25) is 0 Å². The number of urea groups is 2. The zero-order valence-electron chi connectivity index (χ0n) is 11.8. The number of hydrogen-bond donors (Lipinski definition) is 6. The molecule has 8 heteroatoms. The molecule has 0 aromatic rings. The summed E-state index contributed by atoms with van der Waals surface area (Å²) >= 11 is 0. The highest BCUT2D eigenvalue weighted by Crippen LogP contribution is 2.18. The maximum absolute atomic E-state index is 11.6. The van der Waals surface area contributed by atoms with Crippen molar-refractivity contribution in [3.05, 3.63) is 0 Å². The van der Waals surface area contributed by atoms with Crippen molar-refractivity contribution >= 4 is 12.1 Å². The molecule has 4 amide bonds. The average molecular weight is 288 g/mol. The second-order valence-electron chi connectivity index (χ2n) is 5.08. The van der Waals surface area contributed by atoms with E-state index in [9.17, 15) is 9.59 Å². The number of hydrogen-bond acceptors (Lipinski definition) is 4. The molecule has 0 bridgehead atoms. The van der Waals surface area contributed by atoms with Crippen molar-refractivity contribution in [3.8, 4) is 0 Å². The molecule has 4 atom stereocenters. The van der Waals surface area contributed by atoms with Gasteiger partial charge in [-0.15, -0.1) is 0 Å². The van der Waals surface area contributed by atoms with Crippen LogP contribution in [0.3, 0.4) is 0 Å². The molecular formula is C12H24N4O4. The minimum absolute atomic E-state index is 0.192. The first-order valence-electron chi connectivity index (χ1n) is 6.88. The third-order valence-corrected chi connectivity index (χ3v) is 3.08. The van der Waals surface area contributed by atoms with Crippen molar-refractivity contribution in [2.24, 2.45) is 0 Å². The first-order chi connectivity index (χ1) is 9.38. The highest BCUT2D eigenvalue weighted by atomic mass is 16.3. The summed E-state index contributed by atoms with van der Waals surface area (Å²) in [4.78, 5) is 23.2. The molecule has 0 spiro atoms. The molecule has 1 aliphatic carbocycles. The van der Waals surface area contributed by atoms with Gasteiger partial charge in [-0.05, 0) is 26.7 Å². The van der Waals surface area contributed by atoms with Crippen molar-refractivity contribution in [1.82, 2.24) is 21.3 Å². The highest BCUT2D eigenvalue weighted by molar-refractivity contribution is 5.76. The van der Waals surface area contributed by atoms with E-state index in [4.69, 9.17) is 10.2 Å². The van der Waals surface area contributed by atoms with Gasteiger partial charge in [-0.3, -0.25) is 0 Å². The molecule has 0 aromatic carbocycles. The van der Waals surface area contributed by atoms with Crippen molar-refractivity contribution in [3.63, 3.8) is 0 Å². The third kappa shape index (κ3) is 6.07. The number of aliphatic hydroxyl groups excluding tert-OH is 2. The van der Waals surface area contributed by atoms with E-state index in [-0.39, 0.29) is 12.1 Å². The van der Waals surface area contributed by atoms with Gasteiger partial charge in [-0.1, -0.05) is 12.8 Å². The predicted molar refractivity (Wildman–Crippen MR) is 72.7 cm³/mol. The molecule has 0 radical (unpaired) electrons. The summed E-state index contributed by atoms with van der Waals surface area (Å²) in [6, 6.07) is -1.31. The van der Waals surface area contributed by atoms with Crippen LogP contribution >= 0.6 is 0 Å². The number of carbonyl (C=O) groups excluding carboxylic acids is 2. The molecular weight excluding hydrogens is 264 g/mol. The fourth-order valence-electron chi connectivity index (χ4n) is 2.28. The van der Waals surface area contributed by atoms with Crippen LogP contribution in [0.4, 0.5) is 9.59 Å². The van der Waals surface area contributed by atoms with Gasteiger partial charge >= 0.3 is 12.1 Å². The van der Waals surface area contributed by atoms with Crippen LogP contribution in [0.5, 0.6) is 0 Å². The average Bonchev–Trinajstić information content (AvgIpc) is 2.29. The van der Waals surface area contributed by atoms with Gasteiger partial charge in [0, 0.05) is 0 Å². The molecule has 0 aromatic heterocycles. The molecule has 4 unspecified atom stereocenters. The first kappa shape index (κ1) is 16.5. The maximum atomic E-state index is 11.6. The van der Waals surface area contributed by atoms with Crippen molar-refractivity contribution < 1.29 is 19.8 Å². The van der Waals surface area contributed by atoms with E-state index in [0.717, 1.165) is 25.7 Å². The molecule has 0 heterocycles. The molecule has 0 saturated heterocycles. The van der Waals surface area contributed by atoms with E-state index in [2.05, 4.69) is 21.3 Å². The van der Waals surface area contributed by atoms with Gasteiger partial charge < -0.3 is 31.5 Å². The van der Waals surface area contributed by atoms with Gasteiger partial charge in [0.2, 0.25) is 0 Å². The van der Waals surface area contributed by atoms with E-state index < -0.39 is 24.5 Å². The number of aliphatic hydroxyl groups is 2. The van der Waals surface area contributed by atoms with Crippen LogP contribution in [0.25, 0.3) is 0 Å². The van der Waals surface area contributed by atoms with Gasteiger partial charge in [-0.2, -0.15) is 0 Å². The Balaban J connectivity index is 2.49. The van der Waals surface area contributed by atoms with Gasteiger partial charge in [0.1, 0.15) is 12.5 Å². The Morgan fingerprint density at radius 1 is 0.900 bits per heavy atom. The summed E-state index contributed by atoms with van der Waals surface area (Å²) in [7, 11) is 0. The smallest absolute Gasteiger partial charge is 0.317 e. The molecule has 6 N–H and O–H groups in total. The van der Waals surface area contributed by atoms with Gasteiger partial charge in [-0.25, -0.2) is 9.59 Å². The molecule has 20 heavy (non-hydrogen) atoms. The largest absolute Gasteiger partial charge is 0.374 e. The van der Waals surface area contributed by atoms with E-state index in [1.54, 1.807) is 0 Å². The minimum atomic E-state index is -0.927. The number of rotatable bonds is 4. The number of carbonyl (C=O) groups is 2. The second kappa shape index (κ2) is 7.91. The summed E-state index contributed by atoms with van der Waals surface area (Å²) in [5.74, 6) is 0. The fourth-order valence-corrected chi connectivity index (χ4v) is 2.28. The second-order valence-corrected chi connectivity index (χ2v) is 5.08. The van der Waals surface area contributed by atoms with E-state index >= 15 is 0 Å². The lowest BCUT2D eigenvalue weighted by Crippen LogP contribution is -2.57. The Bertz CT molecular complexity index is 303. The maximum Gasteiger partial charge on any atom is 0.317 e. The van der Waals surface area contributed by atoms with Crippen molar-refractivity contribution in [2.75, 3.05) is 0 Å². The zero-order chi connectivity index (χ0) is 15.1. The SMILES string of the molecule is CC(O)NC(=O)NC1CCCCC1NC(=O)NC(C)O. The number of nitrogens with one attached hydrogen (secondary N) is 4. The minimum Gasteiger partial charge on any atom is -0.374 e. The highest BCUT2D eigenvalue weighted by Gasteiger charge is 2.28. The van der Waals surface area contributed by atoms with Crippen LogP contribution < -0.4 is 21.3 Å². The normalized spacial score (nSPS) is 25.2. The van der Waals surface area contributed by atoms with Crippen LogP contribution in [0.1, 0.15) is 39.5 Å². The lowest BCUT2D eigenvalue weighted by Gasteiger charge is -2.33. The van der Waals surface area contributed by atoms with Crippen LogP contribution in [-0.2, 0) is 0 Å². The Kier molecular flexibility index (Phi) is 6.53. The van der Waals surface area contributed by atoms with Crippen molar-refractivity contribution in [1.29, 1.82) is 0 Å². The van der Waals surface area contributed by atoms with Gasteiger partial charge in [0.05, 0.1) is 12.1 Å². The Morgan fingerprint density at radius 2 is 1.25 bits per heavy atom. The predicted octanol–water partition coefficient (Wildman–Crippen LogP) is -0.427. The van der Waals surface area contributed by atoms with Crippen molar-refractivity contribution in [2.45, 2.75) is 64.1 Å². The summed E-state index contributed by atoms with van der Waals surface area (Å²) in [6.07, 6.45) is 1.60. The monoisotopic (exact) mass is 288 g/mol. The lowest BCUT2D eigenvalue weighted by atomic mass is 9.90. The summed E-state index contributed by atoms with van der Waals surface area (Å²) in [5.41, 5.74) is 0. The van der Waals surface area contributed by atoms with Gasteiger partial charge in [0.25, 0.3) is 0 Å². The quantitative estimate of drug-likeness (QED) is 0.393. The molecule has 1 rings (SSSR count). The van der Waals surface area contributed by atoms with Crippen LogP contribution in [0.15, 0.2) is 0 Å². The molecule has 1 saturated carbocycles. The Hall–Kier alpha value is -1.54. The molecule has 116 valence electrons. The van der Waals surface area contributed by atoms with Crippen LogP contribution in [-0.4, -0.2) is 46.8 Å². The Labute approximate surface area is 118 Å². The zero-order valence-corrected chi connectivity index (χ0v) is 11.8. The molecule has 8 nitrogen and oxygen atoms in total. The lowest BCUT2D eigenvalue weighted by molar-refractivity contribution is 0.147. The molecule has 1 aliphatic rings. The number of amides is 4.